The maximum atomic E-state index is 5.82. The van der Waals surface area contributed by atoms with E-state index in [1.807, 2.05) is 25.4 Å². The standard InChI is InChI=1S/C11H24O2S2Si/c1-4-8-15-16(12-2,13-3)11-7-5-6-10(14)9-11/h10-11,14H,4-9H2,1-3H3. The van der Waals surface area contributed by atoms with Crippen molar-refractivity contribution in [3.05, 3.63) is 0 Å². The van der Waals surface area contributed by atoms with E-state index in [2.05, 4.69) is 19.6 Å². The lowest BCUT2D eigenvalue weighted by Crippen LogP contribution is -2.44. The molecule has 0 bridgehead atoms. The molecule has 0 N–H and O–H groups in total. The molecule has 1 aliphatic rings. The van der Waals surface area contributed by atoms with Crippen molar-refractivity contribution in [3.8, 4) is 0 Å². The predicted molar refractivity (Wildman–Crippen MR) is 77.5 cm³/mol. The summed E-state index contributed by atoms with van der Waals surface area (Å²) in [7, 11) is 1.60. The Morgan fingerprint density at radius 2 is 2.00 bits per heavy atom. The van der Waals surface area contributed by atoms with Crippen LogP contribution in [0.15, 0.2) is 0 Å². The highest BCUT2D eigenvalue weighted by Crippen LogP contribution is 2.44. The van der Waals surface area contributed by atoms with E-state index in [9.17, 15) is 0 Å². The molecule has 0 spiro atoms. The van der Waals surface area contributed by atoms with E-state index in [-0.39, 0.29) is 0 Å². The second kappa shape index (κ2) is 7.31. The first-order valence-electron chi connectivity index (χ1n) is 6.10. The van der Waals surface area contributed by atoms with E-state index in [0.717, 1.165) is 12.2 Å². The Bertz CT molecular complexity index is 200. The molecule has 1 aliphatic carbocycles. The molecule has 1 saturated carbocycles. The summed E-state index contributed by atoms with van der Waals surface area (Å²) in [5, 5.41) is 0.540. The third-order valence-electron chi connectivity index (χ3n) is 3.22. The minimum absolute atomic E-state index is 0.540. The summed E-state index contributed by atoms with van der Waals surface area (Å²) in [5.74, 6) is 1.14. The molecule has 96 valence electrons. The Morgan fingerprint density at radius 3 is 2.50 bits per heavy atom. The molecule has 0 aromatic carbocycles. The highest BCUT2D eigenvalue weighted by molar-refractivity contribution is 8.27. The molecule has 1 fully saturated rings. The molecule has 1 rings (SSSR count). The molecular weight excluding hydrogens is 256 g/mol. The van der Waals surface area contributed by atoms with Gasteiger partial charge in [-0.3, -0.25) is 0 Å². The summed E-state index contributed by atoms with van der Waals surface area (Å²) >= 11 is 6.56. The summed E-state index contributed by atoms with van der Waals surface area (Å²) < 4.78 is 11.6. The van der Waals surface area contributed by atoms with E-state index in [0.29, 0.717) is 10.8 Å². The van der Waals surface area contributed by atoms with Gasteiger partial charge in [0, 0.05) is 25.0 Å². The Hall–Kier alpha value is 0.837. The number of hydrogen-bond acceptors (Lipinski definition) is 4. The lowest BCUT2D eigenvalue weighted by molar-refractivity contribution is 0.244. The minimum Gasteiger partial charge on any atom is -0.390 e. The summed E-state index contributed by atoms with van der Waals surface area (Å²) in [6, 6.07) is 0. The SMILES string of the molecule is CCCS[Si](OC)(OC)C1CCCC(S)C1. The van der Waals surface area contributed by atoms with Gasteiger partial charge in [-0.25, -0.2) is 0 Å². The molecule has 2 unspecified atom stereocenters. The highest BCUT2D eigenvalue weighted by atomic mass is 32.4. The average Bonchev–Trinajstić information content (AvgIpc) is 2.31. The monoisotopic (exact) mass is 280 g/mol. The van der Waals surface area contributed by atoms with Crippen LogP contribution in [-0.2, 0) is 8.85 Å². The summed E-state index contributed by atoms with van der Waals surface area (Å²) in [4.78, 5) is 0. The molecule has 0 heterocycles. The molecule has 0 aromatic heterocycles. The van der Waals surface area contributed by atoms with Crippen LogP contribution in [0.2, 0.25) is 5.54 Å². The van der Waals surface area contributed by atoms with Crippen LogP contribution in [0.1, 0.15) is 39.0 Å². The van der Waals surface area contributed by atoms with Crippen molar-refractivity contribution in [2.24, 2.45) is 0 Å². The van der Waals surface area contributed by atoms with Crippen LogP contribution in [-0.4, -0.2) is 32.9 Å². The zero-order chi connectivity index (χ0) is 12.0. The molecule has 5 heteroatoms. The van der Waals surface area contributed by atoms with Gasteiger partial charge in [-0.15, -0.1) is 11.2 Å². The molecule has 0 amide bonds. The summed E-state index contributed by atoms with van der Waals surface area (Å²) in [5.41, 5.74) is 0.607. The summed E-state index contributed by atoms with van der Waals surface area (Å²) in [6.07, 6.45) is 6.11. The van der Waals surface area contributed by atoms with Crippen LogP contribution in [0.5, 0.6) is 0 Å². The van der Waals surface area contributed by atoms with Crippen LogP contribution in [0.4, 0.5) is 0 Å². The summed E-state index contributed by atoms with van der Waals surface area (Å²) in [6.45, 7) is 2.21. The third-order valence-corrected chi connectivity index (χ3v) is 11.2. The van der Waals surface area contributed by atoms with E-state index < -0.39 is 7.71 Å². The third kappa shape index (κ3) is 3.67. The first-order valence-corrected chi connectivity index (χ1v) is 10.2. The average molecular weight is 281 g/mol. The Labute approximate surface area is 110 Å². The number of thiol groups is 1. The second-order valence-electron chi connectivity index (χ2n) is 4.38. The van der Waals surface area contributed by atoms with Crippen molar-refractivity contribution in [1.29, 1.82) is 0 Å². The highest BCUT2D eigenvalue weighted by Gasteiger charge is 2.46. The molecule has 0 saturated heterocycles. The molecule has 16 heavy (non-hydrogen) atoms. The normalized spacial score (nSPS) is 27.0. The first kappa shape index (κ1) is 14.9. The van der Waals surface area contributed by atoms with Crippen LogP contribution >= 0.6 is 23.8 Å². The van der Waals surface area contributed by atoms with Gasteiger partial charge in [0.25, 0.3) is 0 Å². The largest absolute Gasteiger partial charge is 0.408 e. The molecule has 2 nitrogen and oxygen atoms in total. The van der Waals surface area contributed by atoms with Crippen LogP contribution in [0, 0.1) is 0 Å². The fourth-order valence-corrected chi connectivity index (χ4v) is 9.46. The van der Waals surface area contributed by atoms with Crippen molar-refractivity contribution in [3.63, 3.8) is 0 Å². The van der Waals surface area contributed by atoms with Gasteiger partial charge in [-0.2, -0.15) is 12.6 Å². The van der Waals surface area contributed by atoms with Crippen LogP contribution < -0.4 is 0 Å². The number of rotatable bonds is 6. The fourth-order valence-electron chi connectivity index (χ4n) is 2.38. The molecule has 2 atom stereocenters. The van der Waals surface area contributed by atoms with Crippen molar-refractivity contribution >= 4 is 31.6 Å². The number of hydrogen-bond donors (Lipinski definition) is 1. The Balaban J connectivity index is 2.66. The maximum absolute atomic E-state index is 5.82. The van der Waals surface area contributed by atoms with Crippen molar-refractivity contribution < 1.29 is 8.85 Å². The minimum atomic E-state index is -2.04. The van der Waals surface area contributed by atoms with Crippen LogP contribution in [0.3, 0.4) is 0 Å². The molecular formula is C11H24O2S2Si. The van der Waals surface area contributed by atoms with Crippen molar-refractivity contribution in [2.75, 3.05) is 20.0 Å². The van der Waals surface area contributed by atoms with Crippen molar-refractivity contribution in [2.45, 2.75) is 49.8 Å². The predicted octanol–water partition coefficient (Wildman–Crippen LogP) is 3.60. The van der Waals surface area contributed by atoms with E-state index in [4.69, 9.17) is 8.85 Å². The lowest BCUT2D eigenvalue weighted by Gasteiger charge is -2.37. The van der Waals surface area contributed by atoms with Gasteiger partial charge in [0.1, 0.15) is 0 Å². The van der Waals surface area contributed by atoms with Crippen LogP contribution in [0.25, 0.3) is 0 Å². The second-order valence-corrected chi connectivity index (χ2v) is 11.2. The topological polar surface area (TPSA) is 18.5 Å². The first-order chi connectivity index (χ1) is 7.68. The lowest BCUT2D eigenvalue weighted by atomic mass is 9.99. The van der Waals surface area contributed by atoms with E-state index in [1.165, 1.54) is 25.7 Å². The van der Waals surface area contributed by atoms with Crippen molar-refractivity contribution in [1.82, 2.24) is 0 Å². The van der Waals surface area contributed by atoms with Gasteiger partial charge >= 0.3 is 7.71 Å². The van der Waals surface area contributed by atoms with Gasteiger partial charge < -0.3 is 8.85 Å². The zero-order valence-electron chi connectivity index (χ0n) is 10.6. The van der Waals surface area contributed by atoms with Gasteiger partial charge in [0.05, 0.1) is 0 Å². The Kier molecular flexibility index (Phi) is 6.81. The van der Waals surface area contributed by atoms with Gasteiger partial charge in [-0.1, -0.05) is 13.3 Å². The van der Waals surface area contributed by atoms with E-state index in [1.54, 1.807) is 0 Å². The molecule has 0 aromatic rings. The smallest absolute Gasteiger partial charge is 0.390 e. The quantitative estimate of drug-likeness (QED) is 0.592. The zero-order valence-corrected chi connectivity index (χ0v) is 13.3. The van der Waals surface area contributed by atoms with Gasteiger partial charge in [0.2, 0.25) is 0 Å². The molecule has 0 aliphatic heterocycles. The maximum Gasteiger partial charge on any atom is 0.408 e. The molecule has 0 radical (unpaired) electrons. The van der Waals surface area contributed by atoms with Gasteiger partial charge in [0.15, 0.2) is 0 Å². The van der Waals surface area contributed by atoms with Gasteiger partial charge in [-0.05, 0) is 31.4 Å². The Morgan fingerprint density at radius 1 is 1.31 bits per heavy atom. The fraction of sp³-hybridized carbons (Fsp3) is 1.00. The van der Waals surface area contributed by atoms with E-state index >= 15 is 0 Å².